The quantitative estimate of drug-likeness (QED) is 0.372. The summed E-state index contributed by atoms with van der Waals surface area (Å²) < 4.78 is 13.7. The highest BCUT2D eigenvalue weighted by atomic mass is 16.6. The van der Waals surface area contributed by atoms with E-state index in [4.69, 9.17) is 4.74 Å². The Kier molecular flexibility index (Phi) is 8.00. The SMILES string of the molecule is C=CCOC(=O)N(CCC(=O)OC)CC(=O)OC. The third-order valence-corrected chi connectivity index (χ3v) is 1.94. The number of ether oxygens (including phenoxy) is 3. The predicted octanol–water partition coefficient (Wildman–Crippen LogP) is 0.347. The smallest absolute Gasteiger partial charge is 0.410 e. The molecule has 0 aromatic carbocycles. The molecular formula is C11H17NO6. The molecule has 0 heterocycles. The molecule has 18 heavy (non-hydrogen) atoms. The zero-order valence-corrected chi connectivity index (χ0v) is 10.5. The fraction of sp³-hybridized carbons (Fsp3) is 0.545. The summed E-state index contributed by atoms with van der Waals surface area (Å²) in [6, 6.07) is 0. The van der Waals surface area contributed by atoms with E-state index in [2.05, 4.69) is 16.1 Å². The van der Waals surface area contributed by atoms with Gasteiger partial charge >= 0.3 is 18.0 Å². The number of carbonyl (C=O) groups is 3. The number of hydrogen-bond acceptors (Lipinski definition) is 6. The minimum absolute atomic E-state index is 0.0117. The van der Waals surface area contributed by atoms with Crippen LogP contribution < -0.4 is 0 Å². The molecule has 102 valence electrons. The Balaban J connectivity index is 4.40. The maximum Gasteiger partial charge on any atom is 0.410 e. The first-order chi connectivity index (χ1) is 8.54. The van der Waals surface area contributed by atoms with E-state index in [9.17, 15) is 14.4 Å². The molecule has 0 aliphatic rings. The van der Waals surface area contributed by atoms with E-state index >= 15 is 0 Å². The van der Waals surface area contributed by atoms with Crippen molar-refractivity contribution in [2.45, 2.75) is 6.42 Å². The van der Waals surface area contributed by atoms with Gasteiger partial charge in [0.1, 0.15) is 13.2 Å². The summed E-state index contributed by atoms with van der Waals surface area (Å²) in [4.78, 5) is 34.7. The molecule has 0 bridgehead atoms. The van der Waals surface area contributed by atoms with E-state index in [0.29, 0.717) is 0 Å². The van der Waals surface area contributed by atoms with Crippen molar-refractivity contribution in [2.24, 2.45) is 0 Å². The Morgan fingerprint density at radius 1 is 1.17 bits per heavy atom. The van der Waals surface area contributed by atoms with Crippen LogP contribution in [0.15, 0.2) is 12.7 Å². The van der Waals surface area contributed by atoms with Gasteiger partial charge in [0.15, 0.2) is 0 Å². The largest absolute Gasteiger partial charge is 0.469 e. The molecule has 0 aliphatic heterocycles. The Morgan fingerprint density at radius 3 is 2.28 bits per heavy atom. The van der Waals surface area contributed by atoms with Crippen molar-refractivity contribution < 1.29 is 28.6 Å². The topological polar surface area (TPSA) is 82.1 Å². The molecule has 0 radical (unpaired) electrons. The lowest BCUT2D eigenvalue weighted by atomic mass is 10.4. The summed E-state index contributed by atoms with van der Waals surface area (Å²) in [6.07, 6.45) is 0.648. The second kappa shape index (κ2) is 9.03. The van der Waals surface area contributed by atoms with Gasteiger partial charge in [0.2, 0.25) is 0 Å². The van der Waals surface area contributed by atoms with E-state index in [1.54, 1.807) is 0 Å². The molecule has 0 aliphatic carbocycles. The molecule has 0 unspecified atom stereocenters. The van der Waals surface area contributed by atoms with Crippen molar-refractivity contribution in [3.8, 4) is 0 Å². The van der Waals surface area contributed by atoms with Crippen molar-refractivity contribution in [3.05, 3.63) is 12.7 Å². The van der Waals surface area contributed by atoms with Gasteiger partial charge in [0, 0.05) is 6.54 Å². The number of carbonyl (C=O) groups excluding carboxylic acids is 3. The molecule has 7 heteroatoms. The number of methoxy groups -OCH3 is 2. The van der Waals surface area contributed by atoms with Crippen molar-refractivity contribution >= 4 is 18.0 Å². The molecule has 0 atom stereocenters. The summed E-state index contributed by atoms with van der Waals surface area (Å²) in [6.45, 7) is 3.14. The third-order valence-electron chi connectivity index (χ3n) is 1.94. The van der Waals surface area contributed by atoms with E-state index in [1.807, 2.05) is 0 Å². The van der Waals surface area contributed by atoms with Crippen molar-refractivity contribution in [1.29, 1.82) is 0 Å². The van der Waals surface area contributed by atoms with Gasteiger partial charge in [0.05, 0.1) is 20.6 Å². The second-order valence-electron chi connectivity index (χ2n) is 3.19. The maximum absolute atomic E-state index is 11.6. The molecule has 0 saturated heterocycles. The van der Waals surface area contributed by atoms with Crippen LogP contribution in [0.2, 0.25) is 0 Å². The Morgan fingerprint density at radius 2 is 1.78 bits per heavy atom. The highest BCUT2D eigenvalue weighted by Gasteiger charge is 2.19. The van der Waals surface area contributed by atoms with Crippen LogP contribution >= 0.6 is 0 Å². The van der Waals surface area contributed by atoms with Crippen LogP contribution in [0, 0.1) is 0 Å². The van der Waals surface area contributed by atoms with Crippen LogP contribution in [0.3, 0.4) is 0 Å². The fourth-order valence-electron chi connectivity index (χ4n) is 1.01. The maximum atomic E-state index is 11.6. The molecule has 0 saturated carbocycles. The molecule has 0 aromatic rings. The second-order valence-corrected chi connectivity index (χ2v) is 3.19. The van der Waals surface area contributed by atoms with Gasteiger partial charge in [-0.2, -0.15) is 0 Å². The van der Waals surface area contributed by atoms with Crippen LogP contribution in [0.25, 0.3) is 0 Å². The van der Waals surface area contributed by atoms with Crippen molar-refractivity contribution in [1.82, 2.24) is 4.90 Å². The molecule has 0 fully saturated rings. The predicted molar refractivity (Wildman–Crippen MR) is 61.8 cm³/mol. The average Bonchev–Trinajstić information content (AvgIpc) is 2.39. The highest BCUT2D eigenvalue weighted by Crippen LogP contribution is 1.99. The summed E-state index contributed by atoms with van der Waals surface area (Å²) in [7, 11) is 2.44. The summed E-state index contributed by atoms with van der Waals surface area (Å²) >= 11 is 0. The zero-order chi connectivity index (χ0) is 14.0. The Bertz CT molecular complexity index is 315. The minimum Gasteiger partial charge on any atom is -0.469 e. The summed E-state index contributed by atoms with van der Waals surface area (Å²) in [5, 5.41) is 0. The number of hydrogen-bond donors (Lipinski definition) is 0. The van der Waals surface area contributed by atoms with Gasteiger partial charge in [-0.15, -0.1) is 0 Å². The van der Waals surface area contributed by atoms with Gasteiger partial charge in [-0.05, 0) is 0 Å². The van der Waals surface area contributed by atoms with Gasteiger partial charge in [-0.25, -0.2) is 4.79 Å². The molecule has 0 aromatic heterocycles. The molecule has 1 amide bonds. The Labute approximate surface area is 105 Å². The van der Waals surface area contributed by atoms with Crippen LogP contribution in [0.1, 0.15) is 6.42 Å². The average molecular weight is 259 g/mol. The van der Waals surface area contributed by atoms with Gasteiger partial charge in [0.25, 0.3) is 0 Å². The fourth-order valence-corrected chi connectivity index (χ4v) is 1.01. The number of rotatable bonds is 7. The normalized spacial score (nSPS) is 9.22. The van der Waals surface area contributed by atoms with Crippen molar-refractivity contribution in [3.63, 3.8) is 0 Å². The van der Waals surface area contributed by atoms with E-state index in [0.717, 1.165) is 4.90 Å². The van der Waals surface area contributed by atoms with Crippen LogP contribution in [0.4, 0.5) is 4.79 Å². The molecular weight excluding hydrogens is 242 g/mol. The van der Waals surface area contributed by atoms with Crippen LogP contribution in [0.5, 0.6) is 0 Å². The van der Waals surface area contributed by atoms with E-state index in [-0.39, 0.29) is 26.1 Å². The van der Waals surface area contributed by atoms with Gasteiger partial charge < -0.3 is 14.2 Å². The van der Waals surface area contributed by atoms with Gasteiger partial charge in [-0.1, -0.05) is 12.7 Å². The number of nitrogens with zero attached hydrogens (tertiary/aromatic N) is 1. The van der Waals surface area contributed by atoms with Crippen molar-refractivity contribution in [2.75, 3.05) is 33.9 Å². The first-order valence-electron chi connectivity index (χ1n) is 5.21. The first-order valence-corrected chi connectivity index (χ1v) is 5.21. The molecule has 7 nitrogen and oxygen atoms in total. The van der Waals surface area contributed by atoms with E-state index in [1.165, 1.54) is 20.3 Å². The lowest BCUT2D eigenvalue weighted by molar-refractivity contribution is -0.144. The minimum atomic E-state index is -0.718. The van der Waals surface area contributed by atoms with Crippen LogP contribution in [-0.2, 0) is 23.8 Å². The zero-order valence-electron chi connectivity index (χ0n) is 10.5. The highest BCUT2D eigenvalue weighted by molar-refractivity contribution is 5.78. The van der Waals surface area contributed by atoms with Gasteiger partial charge in [-0.3, -0.25) is 14.5 Å². The monoisotopic (exact) mass is 259 g/mol. The lowest BCUT2D eigenvalue weighted by Crippen LogP contribution is -2.38. The third kappa shape index (κ3) is 6.51. The lowest BCUT2D eigenvalue weighted by Gasteiger charge is -2.19. The Hall–Kier alpha value is -2.05. The molecule has 0 spiro atoms. The standard InChI is InChI=1S/C11H17NO6/c1-4-7-18-11(15)12(8-10(14)17-3)6-5-9(13)16-2/h4H,1,5-8H2,2-3H3. The summed E-state index contributed by atoms with van der Waals surface area (Å²) in [5.41, 5.74) is 0. The summed E-state index contributed by atoms with van der Waals surface area (Å²) in [5.74, 6) is -1.09. The van der Waals surface area contributed by atoms with E-state index < -0.39 is 18.0 Å². The van der Waals surface area contributed by atoms with Crippen LogP contribution in [-0.4, -0.2) is 56.8 Å². The molecule has 0 rings (SSSR count). The first kappa shape index (κ1) is 16.0. The number of esters is 2. The number of amides is 1. The molecule has 0 N–H and O–H groups in total.